The largest absolute Gasteiger partial charge is 0.396 e. The van der Waals surface area contributed by atoms with Gasteiger partial charge in [-0.1, -0.05) is 45.2 Å². The second-order valence-electron chi connectivity index (χ2n) is 5.15. The average Bonchev–Trinajstić information content (AvgIpc) is 2.13. The van der Waals surface area contributed by atoms with Crippen LogP contribution < -0.4 is 10.6 Å². The standard InChI is InChI=1S/C11H18N2S2/c1-11(2,3)5-6-13(4)8-7(12)9(14)10(8)15/h5-6,12H2,1-4H3. The summed E-state index contributed by atoms with van der Waals surface area (Å²) in [6.07, 6.45) is 1.11. The highest BCUT2D eigenvalue weighted by Crippen LogP contribution is 2.33. The molecule has 0 aliphatic heterocycles. The fraction of sp³-hybridized carbons (Fsp3) is 0.636. The Hall–Kier alpha value is -0.480. The van der Waals surface area contributed by atoms with Crippen LogP contribution in [0.2, 0.25) is 0 Å². The highest BCUT2D eigenvalue weighted by atomic mass is 32.1. The van der Waals surface area contributed by atoms with Gasteiger partial charge in [0.1, 0.15) is 0 Å². The van der Waals surface area contributed by atoms with E-state index < -0.39 is 0 Å². The van der Waals surface area contributed by atoms with Gasteiger partial charge in [-0.05, 0) is 11.8 Å². The minimum absolute atomic E-state index is 0.329. The summed E-state index contributed by atoms with van der Waals surface area (Å²) in [5, 5.41) is 0. The van der Waals surface area contributed by atoms with Gasteiger partial charge in [0.15, 0.2) is 0 Å². The van der Waals surface area contributed by atoms with Crippen molar-refractivity contribution in [2.24, 2.45) is 5.41 Å². The van der Waals surface area contributed by atoms with Crippen molar-refractivity contribution in [3.8, 4) is 0 Å². The Morgan fingerprint density at radius 3 is 2.13 bits per heavy atom. The third-order valence-electron chi connectivity index (χ3n) is 2.50. The molecule has 0 aromatic heterocycles. The van der Waals surface area contributed by atoms with Crippen LogP contribution in [0.4, 0.5) is 11.4 Å². The Labute approximate surface area is 102 Å². The average molecular weight is 242 g/mol. The first-order valence-electron chi connectivity index (χ1n) is 5.04. The number of nitrogens with zero attached hydrogens (tertiary/aromatic N) is 1. The topological polar surface area (TPSA) is 29.3 Å². The predicted molar refractivity (Wildman–Crippen MR) is 72.2 cm³/mol. The van der Waals surface area contributed by atoms with E-state index in [4.69, 9.17) is 30.2 Å². The molecule has 0 aliphatic carbocycles. The number of rotatable bonds is 3. The van der Waals surface area contributed by atoms with Gasteiger partial charge >= 0.3 is 0 Å². The van der Waals surface area contributed by atoms with Gasteiger partial charge in [-0.3, -0.25) is 0 Å². The van der Waals surface area contributed by atoms with Gasteiger partial charge in [-0.25, -0.2) is 0 Å². The van der Waals surface area contributed by atoms with E-state index in [9.17, 15) is 0 Å². The van der Waals surface area contributed by atoms with Gasteiger partial charge in [0, 0.05) is 13.6 Å². The number of hydrogen-bond acceptors (Lipinski definition) is 4. The van der Waals surface area contributed by atoms with E-state index in [1.54, 1.807) is 0 Å². The van der Waals surface area contributed by atoms with Gasteiger partial charge in [0.25, 0.3) is 0 Å². The first kappa shape index (κ1) is 12.6. The van der Waals surface area contributed by atoms with Crippen LogP contribution in [0.15, 0.2) is 0 Å². The van der Waals surface area contributed by atoms with E-state index in [1.165, 1.54) is 0 Å². The Kier molecular flexibility index (Phi) is 3.51. The van der Waals surface area contributed by atoms with E-state index in [0.29, 0.717) is 15.6 Å². The Morgan fingerprint density at radius 1 is 1.20 bits per heavy atom. The summed E-state index contributed by atoms with van der Waals surface area (Å²) in [5.74, 6) is 0. The maximum atomic E-state index is 5.81. The predicted octanol–water partition coefficient (Wildman–Crippen LogP) is 3.48. The maximum Gasteiger partial charge on any atom is 0.0834 e. The van der Waals surface area contributed by atoms with Gasteiger partial charge in [-0.15, -0.1) is 0 Å². The molecule has 4 heteroatoms. The van der Waals surface area contributed by atoms with Crippen LogP contribution in [-0.2, 0) is 0 Å². The zero-order valence-corrected chi connectivity index (χ0v) is 11.4. The smallest absolute Gasteiger partial charge is 0.0834 e. The number of nitrogens with two attached hydrogens (primary N) is 1. The zero-order valence-electron chi connectivity index (χ0n) is 9.76. The van der Waals surface area contributed by atoms with Gasteiger partial charge in [-0.2, -0.15) is 0 Å². The second kappa shape index (κ2) is 4.18. The normalized spacial score (nSPS) is 12.0. The molecule has 0 saturated heterocycles. The molecule has 0 unspecified atom stereocenters. The molecule has 0 fully saturated rings. The minimum Gasteiger partial charge on any atom is -0.396 e. The minimum atomic E-state index is 0.329. The van der Waals surface area contributed by atoms with Crippen molar-refractivity contribution < 1.29 is 0 Å². The summed E-state index contributed by atoms with van der Waals surface area (Å²) in [6.45, 7) is 7.63. The lowest BCUT2D eigenvalue weighted by atomic mass is 9.92. The van der Waals surface area contributed by atoms with Gasteiger partial charge in [0.05, 0.1) is 20.4 Å². The fourth-order valence-electron chi connectivity index (χ4n) is 1.39. The Bertz CT molecular complexity index is 422. The molecule has 1 aromatic rings. The summed E-state index contributed by atoms with van der Waals surface area (Å²) in [5.41, 5.74) is 7.78. The molecular formula is C11H18N2S2. The molecule has 0 amide bonds. The summed E-state index contributed by atoms with van der Waals surface area (Å²) in [7, 11) is 2.02. The SMILES string of the molecule is CN(CCC(C)(C)C)c1c(N)c(=S)c1=S. The zero-order chi connectivity index (χ0) is 11.8. The molecule has 1 aromatic carbocycles. The Balaban J connectivity index is 2.68. The molecule has 1 rings (SSSR count). The van der Waals surface area contributed by atoms with Crippen LogP contribution in [0.1, 0.15) is 27.2 Å². The first-order chi connectivity index (χ1) is 6.74. The quantitative estimate of drug-likeness (QED) is 0.822. The van der Waals surface area contributed by atoms with Crippen LogP contribution in [-0.4, -0.2) is 13.6 Å². The van der Waals surface area contributed by atoms with Crippen molar-refractivity contribution in [1.82, 2.24) is 0 Å². The van der Waals surface area contributed by atoms with Gasteiger partial charge < -0.3 is 10.6 Å². The number of anilines is 2. The highest BCUT2D eigenvalue weighted by Gasteiger charge is 2.17. The molecule has 0 aliphatic rings. The lowest BCUT2D eigenvalue weighted by Gasteiger charge is -2.27. The lowest BCUT2D eigenvalue weighted by Crippen LogP contribution is -2.25. The molecule has 0 saturated carbocycles. The summed E-state index contributed by atoms with van der Waals surface area (Å²) in [4.78, 5) is 2.11. The van der Waals surface area contributed by atoms with Crippen molar-refractivity contribution in [2.75, 3.05) is 24.2 Å². The van der Waals surface area contributed by atoms with Crippen molar-refractivity contribution in [1.29, 1.82) is 0 Å². The van der Waals surface area contributed by atoms with Crippen LogP contribution in [0.3, 0.4) is 0 Å². The van der Waals surface area contributed by atoms with E-state index in [0.717, 1.165) is 23.2 Å². The van der Waals surface area contributed by atoms with Crippen molar-refractivity contribution >= 4 is 35.8 Å². The highest BCUT2D eigenvalue weighted by molar-refractivity contribution is 7.74. The monoisotopic (exact) mass is 242 g/mol. The van der Waals surface area contributed by atoms with E-state index >= 15 is 0 Å². The molecule has 15 heavy (non-hydrogen) atoms. The summed E-state index contributed by atoms with van der Waals surface area (Å²) in [6, 6.07) is 0. The molecule has 0 heterocycles. The molecule has 84 valence electrons. The third-order valence-corrected chi connectivity index (χ3v) is 3.45. The van der Waals surface area contributed by atoms with Crippen LogP contribution in [0, 0.1) is 14.4 Å². The molecule has 2 nitrogen and oxygen atoms in total. The molecule has 0 atom stereocenters. The Morgan fingerprint density at radius 2 is 1.73 bits per heavy atom. The van der Waals surface area contributed by atoms with E-state index in [1.807, 2.05) is 7.05 Å². The van der Waals surface area contributed by atoms with E-state index in [2.05, 4.69) is 25.7 Å². The fourth-order valence-corrected chi connectivity index (χ4v) is 1.96. The van der Waals surface area contributed by atoms with Crippen LogP contribution >= 0.6 is 24.4 Å². The maximum absolute atomic E-state index is 5.81. The van der Waals surface area contributed by atoms with Crippen molar-refractivity contribution in [3.05, 3.63) is 9.02 Å². The molecule has 2 N–H and O–H groups in total. The number of nitrogen functional groups attached to an aromatic ring is 1. The van der Waals surface area contributed by atoms with Crippen molar-refractivity contribution in [2.45, 2.75) is 27.2 Å². The summed E-state index contributed by atoms with van der Waals surface area (Å²) < 4.78 is 1.40. The van der Waals surface area contributed by atoms with Gasteiger partial charge in [0.2, 0.25) is 0 Å². The lowest BCUT2D eigenvalue weighted by molar-refractivity contribution is 0.381. The van der Waals surface area contributed by atoms with Crippen LogP contribution in [0.5, 0.6) is 0 Å². The van der Waals surface area contributed by atoms with E-state index in [-0.39, 0.29) is 0 Å². The third kappa shape index (κ3) is 2.75. The second-order valence-corrected chi connectivity index (χ2v) is 5.97. The first-order valence-corrected chi connectivity index (χ1v) is 5.85. The molecule has 0 bridgehead atoms. The van der Waals surface area contributed by atoms with Crippen LogP contribution in [0.25, 0.3) is 0 Å². The molecule has 0 spiro atoms. The molecule has 0 radical (unpaired) electrons. The van der Waals surface area contributed by atoms with Crippen molar-refractivity contribution in [3.63, 3.8) is 0 Å². The number of hydrogen-bond donors (Lipinski definition) is 1. The summed E-state index contributed by atoms with van der Waals surface area (Å²) >= 11 is 10.2. The molecular weight excluding hydrogens is 224 g/mol.